The van der Waals surface area contributed by atoms with Crippen LogP contribution in [-0.2, 0) is 4.74 Å². The summed E-state index contributed by atoms with van der Waals surface area (Å²) in [4.78, 5) is 15.8. The lowest BCUT2D eigenvalue weighted by Crippen LogP contribution is -2.50. The van der Waals surface area contributed by atoms with E-state index in [0.717, 1.165) is 17.6 Å². The summed E-state index contributed by atoms with van der Waals surface area (Å²) in [6.45, 7) is 5.82. The number of nitrogens with two attached hydrogens (primary N) is 1. The van der Waals surface area contributed by atoms with Gasteiger partial charge < -0.3 is 15.4 Å². The van der Waals surface area contributed by atoms with E-state index in [1.807, 2.05) is 19.1 Å². The van der Waals surface area contributed by atoms with Crippen LogP contribution < -0.4 is 5.73 Å². The van der Waals surface area contributed by atoms with Crippen LogP contribution in [0.15, 0.2) is 28.7 Å². The number of hydrogen-bond acceptors (Lipinski definition) is 4. The summed E-state index contributed by atoms with van der Waals surface area (Å²) in [5, 5.41) is 0. The molecule has 116 valence electrons. The fraction of sp³-hybridized carbons (Fsp3) is 0.533. The van der Waals surface area contributed by atoms with Crippen molar-refractivity contribution >= 4 is 22.0 Å². The van der Waals surface area contributed by atoms with E-state index >= 15 is 0 Å². The largest absolute Gasteiger partial charge is 0.450 e. The number of carbonyl (C=O) groups is 1. The lowest BCUT2D eigenvalue weighted by molar-refractivity contribution is 0.0671. The summed E-state index contributed by atoms with van der Waals surface area (Å²) < 4.78 is 6.10. The molecular weight excluding hydrogens is 334 g/mol. The number of carbonyl (C=O) groups excluding carboxylic acids is 1. The third-order valence-corrected chi connectivity index (χ3v) is 4.29. The molecule has 5 nitrogen and oxygen atoms in total. The zero-order valence-electron chi connectivity index (χ0n) is 12.3. The molecule has 1 amide bonds. The minimum atomic E-state index is -0.218. The van der Waals surface area contributed by atoms with Crippen molar-refractivity contribution in [1.29, 1.82) is 0 Å². The first-order valence-corrected chi connectivity index (χ1v) is 8.06. The van der Waals surface area contributed by atoms with Gasteiger partial charge in [0.25, 0.3) is 0 Å². The van der Waals surface area contributed by atoms with E-state index in [-0.39, 0.29) is 12.1 Å². The first-order chi connectivity index (χ1) is 10.2. The highest BCUT2D eigenvalue weighted by Gasteiger charge is 2.26. The van der Waals surface area contributed by atoms with Crippen molar-refractivity contribution in [2.24, 2.45) is 5.73 Å². The molecule has 0 aromatic heterocycles. The maximum absolute atomic E-state index is 11.7. The van der Waals surface area contributed by atoms with Crippen LogP contribution in [0.5, 0.6) is 0 Å². The van der Waals surface area contributed by atoms with Crippen molar-refractivity contribution in [3.05, 3.63) is 34.3 Å². The molecular formula is C15H22BrN3O2. The lowest BCUT2D eigenvalue weighted by Gasteiger charge is -2.38. The van der Waals surface area contributed by atoms with E-state index in [4.69, 9.17) is 10.5 Å². The second-order valence-corrected chi connectivity index (χ2v) is 5.94. The predicted octanol–water partition coefficient (Wildman–Crippen LogP) is 2.22. The van der Waals surface area contributed by atoms with Gasteiger partial charge in [-0.1, -0.05) is 28.1 Å². The molecule has 6 heteroatoms. The van der Waals surface area contributed by atoms with Gasteiger partial charge in [0.05, 0.1) is 6.61 Å². The average molecular weight is 356 g/mol. The minimum absolute atomic E-state index is 0.197. The fourth-order valence-corrected chi connectivity index (χ4v) is 2.88. The Morgan fingerprint density at radius 2 is 1.90 bits per heavy atom. The monoisotopic (exact) mass is 355 g/mol. The molecule has 1 aliphatic heterocycles. The summed E-state index contributed by atoms with van der Waals surface area (Å²) in [7, 11) is 0. The van der Waals surface area contributed by atoms with Gasteiger partial charge in [0.15, 0.2) is 0 Å². The molecule has 1 unspecified atom stereocenters. The zero-order chi connectivity index (χ0) is 15.2. The smallest absolute Gasteiger partial charge is 0.409 e. The first kappa shape index (κ1) is 16.3. The molecule has 1 aromatic carbocycles. The standard InChI is InChI=1S/C15H22BrN3O2/c1-2-21-15(20)19-9-7-18(8-10-19)14(11-17)12-3-5-13(16)6-4-12/h3-6,14H,2,7-11,17H2,1H3. The SMILES string of the molecule is CCOC(=O)N1CCN(C(CN)c2ccc(Br)cc2)CC1. The predicted molar refractivity (Wildman–Crippen MR) is 86.1 cm³/mol. The molecule has 0 saturated carbocycles. The Bertz CT molecular complexity index is 458. The Kier molecular flexibility index (Phi) is 6.02. The number of nitrogens with zero attached hydrogens (tertiary/aromatic N) is 2. The molecule has 0 aliphatic carbocycles. The van der Waals surface area contributed by atoms with Crippen LogP contribution in [0.4, 0.5) is 4.79 Å². The summed E-state index contributed by atoms with van der Waals surface area (Å²) in [5.41, 5.74) is 7.17. The van der Waals surface area contributed by atoms with E-state index in [2.05, 4.69) is 33.0 Å². The Labute approximate surface area is 134 Å². The molecule has 1 saturated heterocycles. The highest BCUT2D eigenvalue weighted by Crippen LogP contribution is 2.23. The van der Waals surface area contributed by atoms with Gasteiger partial charge in [0.1, 0.15) is 0 Å². The fourth-order valence-electron chi connectivity index (χ4n) is 2.61. The molecule has 1 aliphatic rings. The van der Waals surface area contributed by atoms with Crippen molar-refractivity contribution in [1.82, 2.24) is 9.80 Å². The summed E-state index contributed by atoms with van der Waals surface area (Å²) in [6.07, 6.45) is -0.218. The van der Waals surface area contributed by atoms with Gasteiger partial charge in [0, 0.05) is 43.2 Å². The third kappa shape index (κ3) is 4.18. The van der Waals surface area contributed by atoms with Gasteiger partial charge in [-0.3, -0.25) is 4.90 Å². The van der Waals surface area contributed by atoms with Crippen molar-refractivity contribution in [3.63, 3.8) is 0 Å². The lowest BCUT2D eigenvalue weighted by atomic mass is 10.0. The number of amides is 1. The minimum Gasteiger partial charge on any atom is -0.450 e. The number of piperazine rings is 1. The molecule has 1 aromatic rings. The number of hydrogen-bond donors (Lipinski definition) is 1. The first-order valence-electron chi connectivity index (χ1n) is 7.27. The van der Waals surface area contributed by atoms with E-state index in [1.54, 1.807) is 4.90 Å². The molecule has 0 bridgehead atoms. The molecule has 2 N–H and O–H groups in total. The second kappa shape index (κ2) is 7.77. The van der Waals surface area contributed by atoms with Crippen molar-refractivity contribution in [2.45, 2.75) is 13.0 Å². The van der Waals surface area contributed by atoms with Gasteiger partial charge in [-0.05, 0) is 24.6 Å². The van der Waals surface area contributed by atoms with Gasteiger partial charge in [-0.15, -0.1) is 0 Å². The Morgan fingerprint density at radius 3 is 2.43 bits per heavy atom. The number of benzene rings is 1. The quantitative estimate of drug-likeness (QED) is 0.899. The van der Waals surface area contributed by atoms with Crippen molar-refractivity contribution < 1.29 is 9.53 Å². The maximum Gasteiger partial charge on any atom is 0.409 e. The average Bonchev–Trinajstić information content (AvgIpc) is 2.51. The van der Waals surface area contributed by atoms with E-state index in [0.29, 0.717) is 26.2 Å². The number of rotatable bonds is 4. The van der Waals surface area contributed by atoms with Crippen LogP contribution in [0.3, 0.4) is 0 Å². The van der Waals surface area contributed by atoms with E-state index in [1.165, 1.54) is 5.56 Å². The van der Waals surface area contributed by atoms with E-state index in [9.17, 15) is 4.79 Å². The number of ether oxygens (including phenoxy) is 1. The molecule has 1 fully saturated rings. The van der Waals surface area contributed by atoms with Crippen LogP contribution in [0.25, 0.3) is 0 Å². The normalized spacial score (nSPS) is 17.6. The topological polar surface area (TPSA) is 58.8 Å². The van der Waals surface area contributed by atoms with Crippen LogP contribution >= 0.6 is 15.9 Å². The highest BCUT2D eigenvalue weighted by molar-refractivity contribution is 9.10. The molecule has 1 heterocycles. The Morgan fingerprint density at radius 1 is 1.29 bits per heavy atom. The van der Waals surface area contributed by atoms with Crippen molar-refractivity contribution in [2.75, 3.05) is 39.3 Å². The molecule has 21 heavy (non-hydrogen) atoms. The van der Waals surface area contributed by atoms with Crippen LogP contribution in [0, 0.1) is 0 Å². The van der Waals surface area contributed by atoms with Gasteiger partial charge in [-0.2, -0.15) is 0 Å². The van der Waals surface area contributed by atoms with E-state index < -0.39 is 0 Å². The van der Waals surface area contributed by atoms with Gasteiger partial charge in [0.2, 0.25) is 0 Å². The molecule has 0 spiro atoms. The second-order valence-electron chi connectivity index (χ2n) is 5.02. The summed E-state index contributed by atoms with van der Waals surface area (Å²) >= 11 is 3.45. The Hall–Kier alpha value is -1.11. The Balaban J connectivity index is 1.96. The number of halogens is 1. The molecule has 1 atom stereocenters. The zero-order valence-corrected chi connectivity index (χ0v) is 13.9. The van der Waals surface area contributed by atoms with Crippen LogP contribution in [0.1, 0.15) is 18.5 Å². The molecule has 2 rings (SSSR count). The van der Waals surface area contributed by atoms with Crippen LogP contribution in [0.2, 0.25) is 0 Å². The van der Waals surface area contributed by atoms with Crippen LogP contribution in [-0.4, -0.2) is 55.2 Å². The van der Waals surface area contributed by atoms with Gasteiger partial charge >= 0.3 is 6.09 Å². The van der Waals surface area contributed by atoms with Crippen molar-refractivity contribution in [3.8, 4) is 0 Å². The molecule has 0 radical (unpaired) electrons. The maximum atomic E-state index is 11.7. The summed E-state index contributed by atoms with van der Waals surface area (Å²) in [6, 6.07) is 8.46. The van der Waals surface area contributed by atoms with Gasteiger partial charge in [-0.25, -0.2) is 4.79 Å². The third-order valence-electron chi connectivity index (χ3n) is 3.76. The highest BCUT2D eigenvalue weighted by atomic mass is 79.9. The summed E-state index contributed by atoms with van der Waals surface area (Å²) in [5.74, 6) is 0.